The van der Waals surface area contributed by atoms with Crippen LogP contribution in [0.3, 0.4) is 0 Å². The van der Waals surface area contributed by atoms with Gasteiger partial charge in [-0.25, -0.2) is 0 Å². The van der Waals surface area contributed by atoms with Crippen LogP contribution in [0.2, 0.25) is 0 Å². The van der Waals surface area contributed by atoms with E-state index in [-0.39, 0.29) is 11.7 Å². The zero-order valence-electron chi connectivity index (χ0n) is 7.14. The molecule has 0 saturated heterocycles. The Labute approximate surface area is 62.2 Å². The van der Waals surface area contributed by atoms with E-state index in [4.69, 9.17) is 0 Å². The maximum absolute atomic E-state index is 11.1. The summed E-state index contributed by atoms with van der Waals surface area (Å²) in [7, 11) is 0. The summed E-state index contributed by atoms with van der Waals surface area (Å²) in [4.78, 5) is 11.1. The van der Waals surface area contributed by atoms with Crippen LogP contribution in [0.4, 0.5) is 0 Å². The molecule has 0 aliphatic carbocycles. The Morgan fingerprint density at radius 3 is 2.10 bits per heavy atom. The highest BCUT2D eigenvalue weighted by molar-refractivity contribution is 5.87. The molecule has 60 valence electrons. The van der Waals surface area contributed by atoms with Gasteiger partial charge in [-0.05, 0) is 20.3 Å². The molecule has 0 rings (SSSR count). The molecular formula is C8H16O2. The van der Waals surface area contributed by atoms with Crippen molar-refractivity contribution >= 4 is 5.78 Å². The van der Waals surface area contributed by atoms with Gasteiger partial charge < -0.3 is 5.11 Å². The van der Waals surface area contributed by atoms with Crippen LogP contribution in [-0.4, -0.2) is 16.5 Å². The molecule has 0 heterocycles. The maximum Gasteiger partial charge on any atom is 0.166 e. The first-order valence-corrected chi connectivity index (χ1v) is 3.66. The van der Waals surface area contributed by atoms with Crippen molar-refractivity contribution in [2.24, 2.45) is 5.92 Å². The van der Waals surface area contributed by atoms with Gasteiger partial charge in [-0.3, -0.25) is 4.79 Å². The second kappa shape index (κ2) is 3.15. The molecule has 0 aromatic carbocycles. The molecule has 0 saturated carbocycles. The van der Waals surface area contributed by atoms with Crippen molar-refractivity contribution in [1.29, 1.82) is 0 Å². The third kappa shape index (κ3) is 2.48. The first-order chi connectivity index (χ1) is 4.39. The smallest absolute Gasteiger partial charge is 0.166 e. The van der Waals surface area contributed by atoms with Crippen LogP contribution < -0.4 is 0 Å². The van der Waals surface area contributed by atoms with Crippen LogP contribution >= 0.6 is 0 Å². The van der Waals surface area contributed by atoms with Crippen molar-refractivity contribution in [2.45, 2.75) is 39.7 Å². The van der Waals surface area contributed by atoms with Crippen molar-refractivity contribution in [3.8, 4) is 0 Å². The Kier molecular flexibility index (Phi) is 3.03. The van der Waals surface area contributed by atoms with E-state index in [1.54, 1.807) is 0 Å². The summed E-state index contributed by atoms with van der Waals surface area (Å²) in [5, 5.41) is 9.24. The van der Waals surface area contributed by atoms with Gasteiger partial charge in [0.15, 0.2) is 5.78 Å². The molecule has 0 aliphatic heterocycles. The fourth-order valence-corrected chi connectivity index (χ4v) is 0.788. The minimum absolute atomic E-state index is 0.0278. The van der Waals surface area contributed by atoms with Crippen LogP contribution in [0, 0.1) is 5.92 Å². The van der Waals surface area contributed by atoms with Gasteiger partial charge in [0.1, 0.15) is 5.60 Å². The van der Waals surface area contributed by atoms with Gasteiger partial charge in [0, 0.05) is 5.92 Å². The van der Waals surface area contributed by atoms with Crippen molar-refractivity contribution < 1.29 is 9.90 Å². The second-order valence-electron chi connectivity index (χ2n) is 3.23. The number of carbonyl (C=O) groups is 1. The van der Waals surface area contributed by atoms with Crippen LogP contribution in [0.5, 0.6) is 0 Å². The lowest BCUT2D eigenvalue weighted by molar-refractivity contribution is -0.137. The van der Waals surface area contributed by atoms with Crippen LogP contribution in [0.25, 0.3) is 0 Å². The van der Waals surface area contributed by atoms with E-state index in [9.17, 15) is 9.90 Å². The normalized spacial score (nSPS) is 14.9. The second-order valence-corrected chi connectivity index (χ2v) is 3.23. The number of rotatable bonds is 3. The summed E-state index contributed by atoms with van der Waals surface area (Å²) in [6.45, 7) is 6.83. The SMILES string of the molecule is CCC(C)C(=O)C(C)(C)O. The molecule has 10 heavy (non-hydrogen) atoms. The number of ketones is 1. The molecule has 0 radical (unpaired) electrons. The maximum atomic E-state index is 11.1. The van der Waals surface area contributed by atoms with Crippen molar-refractivity contribution in [1.82, 2.24) is 0 Å². The third-order valence-electron chi connectivity index (χ3n) is 1.66. The summed E-state index contributed by atoms with van der Waals surface area (Å²) in [5.41, 5.74) is -1.16. The Balaban J connectivity index is 4.09. The topological polar surface area (TPSA) is 37.3 Å². The first-order valence-electron chi connectivity index (χ1n) is 3.66. The fraction of sp³-hybridized carbons (Fsp3) is 0.875. The standard InChI is InChI=1S/C8H16O2/c1-5-6(2)7(9)8(3,4)10/h6,10H,5H2,1-4H3. The number of hydrogen-bond donors (Lipinski definition) is 1. The molecule has 0 aromatic rings. The average Bonchev–Trinajstić information content (AvgIpc) is 1.83. The van der Waals surface area contributed by atoms with Gasteiger partial charge in [0.2, 0.25) is 0 Å². The number of hydrogen-bond acceptors (Lipinski definition) is 2. The molecule has 0 bridgehead atoms. The predicted molar refractivity (Wildman–Crippen MR) is 40.8 cm³/mol. The number of aliphatic hydroxyl groups is 1. The van der Waals surface area contributed by atoms with E-state index in [0.29, 0.717) is 0 Å². The van der Waals surface area contributed by atoms with Crippen LogP contribution in [0.1, 0.15) is 34.1 Å². The van der Waals surface area contributed by atoms with Crippen molar-refractivity contribution in [3.63, 3.8) is 0 Å². The summed E-state index contributed by atoms with van der Waals surface area (Å²) in [6.07, 6.45) is 0.794. The highest BCUT2D eigenvalue weighted by atomic mass is 16.3. The van der Waals surface area contributed by atoms with E-state index in [0.717, 1.165) is 6.42 Å². The summed E-state index contributed by atoms with van der Waals surface area (Å²) < 4.78 is 0. The van der Waals surface area contributed by atoms with Gasteiger partial charge in [0.25, 0.3) is 0 Å². The van der Waals surface area contributed by atoms with E-state index >= 15 is 0 Å². The Morgan fingerprint density at radius 1 is 1.60 bits per heavy atom. The summed E-state index contributed by atoms with van der Waals surface area (Å²) in [5.74, 6) is -0.102. The van der Waals surface area contributed by atoms with E-state index < -0.39 is 5.60 Å². The van der Waals surface area contributed by atoms with E-state index in [2.05, 4.69) is 0 Å². The molecule has 1 unspecified atom stereocenters. The van der Waals surface area contributed by atoms with Crippen molar-refractivity contribution in [3.05, 3.63) is 0 Å². The highest BCUT2D eigenvalue weighted by Crippen LogP contribution is 2.13. The molecule has 0 spiro atoms. The Morgan fingerprint density at radius 2 is 2.00 bits per heavy atom. The Bertz CT molecular complexity index is 122. The zero-order chi connectivity index (χ0) is 8.36. The molecule has 1 atom stereocenters. The van der Waals surface area contributed by atoms with Gasteiger partial charge >= 0.3 is 0 Å². The van der Waals surface area contributed by atoms with Gasteiger partial charge in [-0.1, -0.05) is 13.8 Å². The van der Waals surface area contributed by atoms with Gasteiger partial charge in [-0.15, -0.1) is 0 Å². The molecule has 0 fully saturated rings. The Hall–Kier alpha value is -0.370. The fourth-order valence-electron chi connectivity index (χ4n) is 0.788. The molecule has 0 aromatic heterocycles. The highest BCUT2D eigenvalue weighted by Gasteiger charge is 2.27. The quantitative estimate of drug-likeness (QED) is 0.649. The predicted octanol–water partition coefficient (Wildman–Crippen LogP) is 1.37. The molecule has 1 N–H and O–H groups in total. The third-order valence-corrected chi connectivity index (χ3v) is 1.66. The molecule has 2 nitrogen and oxygen atoms in total. The number of Topliss-reactive ketones (excluding diaryl/α,β-unsaturated/α-hetero) is 1. The monoisotopic (exact) mass is 144 g/mol. The molecule has 0 aliphatic rings. The van der Waals surface area contributed by atoms with Crippen LogP contribution in [0.15, 0.2) is 0 Å². The van der Waals surface area contributed by atoms with Gasteiger partial charge in [-0.2, -0.15) is 0 Å². The molecular weight excluding hydrogens is 128 g/mol. The lowest BCUT2D eigenvalue weighted by Crippen LogP contribution is -2.35. The van der Waals surface area contributed by atoms with E-state index in [1.807, 2.05) is 13.8 Å². The minimum atomic E-state index is -1.16. The lowest BCUT2D eigenvalue weighted by atomic mass is 9.91. The molecule has 0 amide bonds. The van der Waals surface area contributed by atoms with Crippen LogP contribution in [-0.2, 0) is 4.79 Å². The zero-order valence-corrected chi connectivity index (χ0v) is 7.14. The average molecular weight is 144 g/mol. The van der Waals surface area contributed by atoms with E-state index in [1.165, 1.54) is 13.8 Å². The number of carbonyl (C=O) groups excluding carboxylic acids is 1. The summed E-state index contributed by atoms with van der Waals surface area (Å²) >= 11 is 0. The first kappa shape index (κ1) is 9.63. The van der Waals surface area contributed by atoms with Gasteiger partial charge in [0.05, 0.1) is 0 Å². The lowest BCUT2D eigenvalue weighted by Gasteiger charge is -2.19. The molecule has 2 heteroatoms. The summed E-state index contributed by atoms with van der Waals surface area (Å²) in [6, 6.07) is 0. The van der Waals surface area contributed by atoms with Crippen molar-refractivity contribution in [2.75, 3.05) is 0 Å². The largest absolute Gasteiger partial charge is 0.383 e. The minimum Gasteiger partial charge on any atom is -0.383 e.